The standard InChI is InChI=1S/C13H19N3O3S2/c1-21(18,19)16-9-5-8-15-13(17)11(12(14)20)10-6-3-2-4-7-10/h2-4,6-7,11,16H,5,8-9H2,1H3,(H2,14,20)(H,15,17). The highest BCUT2D eigenvalue weighted by atomic mass is 32.2. The normalized spacial score (nSPS) is 12.6. The van der Waals surface area contributed by atoms with E-state index in [2.05, 4.69) is 10.0 Å². The number of rotatable bonds is 8. The largest absolute Gasteiger partial charge is 0.392 e. The van der Waals surface area contributed by atoms with Gasteiger partial charge in [0.1, 0.15) is 5.92 Å². The van der Waals surface area contributed by atoms with Crippen molar-refractivity contribution in [3.63, 3.8) is 0 Å². The molecule has 4 N–H and O–H groups in total. The minimum Gasteiger partial charge on any atom is -0.392 e. The minimum absolute atomic E-state index is 0.105. The lowest BCUT2D eigenvalue weighted by molar-refractivity contribution is -0.121. The third-order valence-electron chi connectivity index (χ3n) is 2.70. The number of benzene rings is 1. The van der Waals surface area contributed by atoms with Crippen LogP contribution in [0, 0.1) is 0 Å². The van der Waals surface area contributed by atoms with E-state index < -0.39 is 15.9 Å². The van der Waals surface area contributed by atoms with Crippen LogP contribution in [0.5, 0.6) is 0 Å². The maximum Gasteiger partial charge on any atom is 0.234 e. The summed E-state index contributed by atoms with van der Waals surface area (Å²) < 4.78 is 24.1. The molecule has 1 atom stereocenters. The van der Waals surface area contributed by atoms with Gasteiger partial charge in [-0.3, -0.25) is 4.79 Å². The smallest absolute Gasteiger partial charge is 0.234 e. The van der Waals surface area contributed by atoms with Crippen LogP contribution in [0.15, 0.2) is 30.3 Å². The molecule has 8 heteroatoms. The van der Waals surface area contributed by atoms with Crippen LogP contribution in [0.1, 0.15) is 17.9 Å². The van der Waals surface area contributed by atoms with Crippen molar-refractivity contribution in [3.8, 4) is 0 Å². The molecule has 0 aromatic heterocycles. The van der Waals surface area contributed by atoms with Gasteiger partial charge in [-0.1, -0.05) is 42.5 Å². The summed E-state index contributed by atoms with van der Waals surface area (Å²) in [5, 5.41) is 2.71. The first-order chi connectivity index (χ1) is 9.81. The predicted octanol–water partition coefficient (Wildman–Crippen LogP) is 0.112. The van der Waals surface area contributed by atoms with E-state index >= 15 is 0 Å². The fraction of sp³-hybridized carbons (Fsp3) is 0.385. The zero-order valence-corrected chi connectivity index (χ0v) is 13.3. The fourth-order valence-electron chi connectivity index (χ4n) is 1.75. The number of hydrogen-bond acceptors (Lipinski definition) is 4. The Balaban J connectivity index is 2.50. The van der Waals surface area contributed by atoms with Gasteiger partial charge in [-0.05, 0) is 12.0 Å². The van der Waals surface area contributed by atoms with Crippen molar-refractivity contribution in [2.24, 2.45) is 5.73 Å². The summed E-state index contributed by atoms with van der Waals surface area (Å²) in [5.41, 5.74) is 6.37. The summed E-state index contributed by atoms with van der Waals surface area (Å²) in [4.78, 5) is 12.2. The van der Waals surface area contributed by atoms with Gasteiger partial charge < -0.3 is 11.1 Å². The molecule has 1 aromatic carbocycles. The first-order valence-corrected chi connectivity index (χ1v) is 8.68. The van der Waals surface area contributed by atoms with Gasteiger partial charge in [0.2, 0.25) is 15.9 Å². The number of hydrogen-bond donors (Lipinski definition) is 3. The van der Waals surface area contributed by atoms with E-state index in [4.69, 9.17) is 18.0 Å². The molecular formula is C13H19N3O3S2. The fourth-order valence-corrected chi connectivity index (χ4v) is 2.51. The predicted molar refractivity (Wildman–Crippen MR) is 86.4 cm³/mol. The number of carbonyl (C=O) groups is 1. The lowest BCUT2D eigenvalue weighted by Gasteiger charge is -2.15. The van der Waals surface area contributed by atoms with E-state index in [1.54, 1.807) is 12.1 Å². The second-order valence-corrected chi connectivity index (χ2v) is 6.86. The number of sulfonamides is 1. The topological polar surface area (TPSA) is 101 Å². The van der Waals surface area contributed by atoms with Crippen LogP contribution in [-0.4, -0.2) is 38.7 Å². The van der Waals surface area contributed by atoms with Crippen LogP contribution in [0.2, 0.25) is 0 Å². The van der Waals surface area contributed by atoms with E-state index in [0.29, 0.717) is 13.0 Å². The van der Waals surface area contributed by atoms with E-state index in [9.17, 15) is 13.2 Å². The Morgan fingerprint density at radius 3 is 2.43 bits per heavy atom. The summed E-state index contributed by atoms with van der Waals surface area (Å²) in [6.45, 7) is 0.607. The summed E-state index contributed by atoms with van der Waals surface area (Å²) in [7, 11) is -3.20. The second-order valence-electron chi connectivity index (χ2n) is 4.56. The molecule has 0 bridgehead atoms. The third-order valence-corrected chi connectivity index (χ3v) is 3.66. The Morgan fingerprint density at radius 2 is 1.90 bits per heavy atom. The average Bonchev–Trinajstić information content (AvgIpc) is 2.38. The zero-order valence-electron chi connectivity index (χ0n) is 11.7. The van der Waals surface area contributed by atoms with E-state index in [1.807, 2.05) is 18.2 Å². The molecule has 0 aliphatic carbocycles. The summed E-state index contributed by atoms with van der Waals surface area (Å²) in [6, 6.07) is 9.03. The average molecular weight is 329 g/mol. The number of carbonyl (C=O) groups excluding carboxylic acids is 1. The maximum absolute atomic E-state index is 12.1. The highest BCUT2D eigenvalue weighted by Gasteiger charge is 2.22. The monoisotopic (exact) mass is 329 g/mol. The molecule has 116 valence electrons. The molecule has 1 rings (SSSR count). The van der Waals surface area contributed by atoms with Gasteiger partial charge in [-0.25, -0.2) is 13.1 Å². The Kier molecular flexibility index (Phi) is 6.73. The number of nitrogens with one attached hydrogen (secondary N) is 2. The van der Waals surface area contributed by atoms with Gasteiger partial charge in [-0.2, -0.15) is 0 Å². The Morgan fingerprint density at radius 1 is 1.29 bits per heavy atom. The molecule has 1 aromatic rings. The van der Waals surface area contributed by atoms with Crippen molar-refractivity contribution in [2.45, 2.75) is 12.3 Å². The highest BCUT2D eigenvalue weighted by Crippen LogP contribution is 2.16. The molecule has 1 amide bonds. The summed E-state index contributed by atoms with van der Waals surface area (Å²) in [5.74, 6) is -0.961. The number of thiocarbonyl (C=S) groups is 1. The SMILES string of the molecule is CS(=O)(=O)NCCCNC(=O)C(C(N)=S)c1ccccc1. The maximum atomic E-state index is 12.1. The Hall–Kier alpha value is -1.51. The van der Waals surface area contributed by atoms with Crippen LogP contribution in [0.4, 0.5) is 0 Å². The van der Waals surface area contributed by atoms with Gasteiger partial charge in [0.05, 0.1) is 11.2 Å². The van der Waals surface area contributed by atoms with Crippen molar-refractivity contribution in [3.05, 3.63) is 35.9 Å². The van der Waals surface area contributed by atoms with Crippen LogP contribution in [-0.2, 0) is 14.8 Å². The van der Waals surface area contributed by atoms with Gasteiger partial charge in [0, 0.05) is 13.1 Å². The Bertz CT molecular complexity index is 588. The molecule has 1 unspecified atom stereocenters. The highest BCUT2D eigenvalue weighted by molar-refractivity contribution is 7.88. The van der Waals surface area contributed by atoms with Crippen molar-refractivity contribution in [1.82, 2.24) is 10.0 Å². The van der Waals surface area contributed by atoms with Gasteiger partial charge in [0.15, 0.2) is 0 Å². The first-order valence-electron chi connectivity index (χ1n) is 6.38. The summed E-state index contributed by atoms with van der Waals surface area (Å²) >= 11 is 4.95. The van der Waals surface area contributed by atoms with Crippen molar-refractivity contribution in [2.75, 3.05) is 19.3 Å². The third kappa shape index (κ3) is 6.65. The van der Waals surface area contributed by atoms with Crippen LogP contribution in [0.25, 0.3) is 0 Å². The number of amides is 1. The molecule has 21 heavy (non-hydrogen) atoms. The van der Waals surface area contributed by atoms with Crippen molar-refractivity contribution in [1.29, 1.82) is 0 Å². The first kappa shape index (κ1) is 17.5. The van der Waals surface area contributed by atoms with Crippen molar-refractivity contribution >= 4 is 33.1 Å². The lowest BCUT2D eigenvalue weighted by Crippen LogP contribution is -2.37. The molecule has 0 heterocycles. The van der Waals surface area contributed by atoms with Gasteiger partial charge in [0.25, 0.3) is 0 Å². The van der Waals surface area contributed by atoms with Crippen LogP contribution in [0.3, 0.4) is 0 Å². The second kappa shape index (κ2) is 8.06. The van der Waals surface area contributed by atoms with E-state index in [0.717, 1.165) is 11.8 Å². The molecule has 6 nitrogen and oxygen atoms in total. The number of nitrogens with two attached hydrogens (primary N) is 1. The van der Waals surface area contributed by atoms with Gasteiger partial charge in [-0.15, -0.1) is 0 Å². The molecule has 0 saturated carbocycles. The van der Waals surface area contributed by atoms with E-state index in [-0.39, 0.29) is 17.4 Å². The molecule has 0 saturated heterocycles. The van der Waals surface area contributed by atoms with E-state index in [1.165, 1.54) is 0 Å². The molecular weight excluding hydrogens is 310 g/mol. The minimum atomic E-state index is -3.20. The molecule has 0 radical (unpaired) electrons. The molecule has 0 aliphatic rings. The zero-order chi connectivity index (χ0) is 15.9. The molecule has 0 fully saturated rings. The molecule has 0 aliphatic heterocycles. The lowest BCUT2D eigenvalue weighted by atomic mass is 9.98. The Labute approximate surface area is 130 Å². The summed E-state index contributed by atoms with van der Waals surface area (Å²) in [6.07, 6.45) is 1.57. The quantitative estimate of drug-likeness (QED) is 0.464. The molecule has 0 spiro atoms. The van der Waals surface area contributed by atoms with Crippen molar-refractivity contribution < 1.29 is 13.2 Å². The van der Waals surface area contributed by atoms with Crippen LogP contribution >= 0.6 is 12.2 Å². The van der Waals surface area contributed by atoms with Gasteiger partial charge >= 0.3 is 0 Å². The van der Waals surface area contributed by atoms with Crippen LogP contribution < -0.4 is 15.8 Å².